The molecule has 11 heteroatoms. The Balaban J connectivity index is 0.000000360. The lowest BCUT2D eigenvalue weighted by Crippen LogP contribution is -2.36. The summed E-state index contributed by atoms with van der Waals surface area (Å²) < 4.78 is 2.14. The van der Waals surface area contributed by atoms with Gasteiger partial charge in [0.1, 0.15) is 0 Å². The molecule has 1 saturated heterocycles. The van der Waals surface area contributed by atoms with Gasteiger partial charge in [-0.25, -0.2) is 4.98 Å². The highest BCUT2D eigenvalue weighted by Crippen LogP contribution is 2.27. The summed E-state index contributed by atoms with van der Waals surface area (Å²) in [7, 11) is 0. The minimum absolute atomic E-state index is 0.543. The SMILES string of the molecule is CC(=O)O.CC(=O)O.Nc1nnc(N2CCCC(Cn3ccnc3)C2)s1. The van der Waals surface area contributed by atoms with Crippen LogP contribution in [-0.2, 0) is 16.1 Å². The van der Waals surface area contributed by atoms with Crippen LogP contribution in [0.2, 0.25) is 0 Å². The van der Waals surface area contributed by atoms with Gasteiger partial charge in [-0.2, -0.15) is 0 Å². The minimum atomic E-state index is -0.833. The summed E-state index contributed by atoms with van der Waals surface area (Å²) in [6, 6.07) is 0. The molecule has 3 heterocycles. The first-order valence-electron chi connectivity index (χ1n) is 7.96. The normalized spacial score (nSPS) is 15.9. The number of anilines is 2. The number of nitrogens with zero attached hydrogens (tertiary/aromatic N) is 5. The number of piperidine rings is 1. The van der Waals surface area contributed by atoms with Crippen molar-refractivity contribution in [2.45, 2.75) is 33.2 Å². The summed E-state index contributed by atoms with van der Waals surface area (Å²) in [5.74, 6) is -1.03. The molecule has 2 aromatic heterocycles. The Morgan fingerprint density at radius 2 is 1.96 bits per heavy atom. The van der Waals surface area contributed by atoms with Gasteiger partial charge >= 0.3 is 0 Å². The number of hydrogen-bond donors (Lipinski definition) is 3. The minimum Gasteiger partial charge on any atom is -0.481 e. The third-order valence-electron chi connectivity index (χ3n) is 3.25. The van der Waals surface area contributed by atoms with Crippen molar-refractivity contribution in [3.8, 4) is 0 Å². The lowest BCUT2D eigenvalue weighted by molar-refractivity contribution is -0.135. The summed E-state index contributed by atoms with van der Waals surface area (Å²) in [6.07, 6.45) is 8.16. The quantitative estimate of drug-likeness (QED) is 0.714. The molecule has 1 aliphatic heterocycles. The molecule has 3 rings (SSSR count). The fourth-order valence-corrected chi connectivity index (χ4v) is 3.08. The van der Waals surface area contributed by atoms with E-state index in [0.29, 0.717) is 11.0 Å². The van der Waals surface area contributed by atoms with Crippen LogP contribution in [0.15, 0.2) is 18.7 Å². The van der Waals surface area contributed by atoms with E-state index >= 15 is 0 Å². The van der Waals surface area contributed by atoms with Gasteiger partial charge in [0.25, 0.3) is 11.9 Å². The van der Waals surface area contributed by atoms with E-state index in [0.717, 1.165) is 38.6 Å². The molecule has 0 amide bonds. The highest BCUT2D eigenvalue weighted by Gasteiger charge is 2.22. The maximum absolute atomic E-state index is 9.00. The summed E-state index contributed by atoms with van der Waals surface area (Å²) >= 11 is 1.47. The number of carboxylic acid groups (broad SMARTS) is 2. The number of carboxylic acids is 2. The zero-order chi connectivity index (χ0) is 19.5. The third-order valence-corrected chi connectivity index (χ3v) is 4.06. The molecule has 0 spiro atoms. The number of aromatic nitrogens is 4. The first-order valence-corrected chi connectivity index (χ1v) is 8.78. The molecule has 10 nitrogen and oxygen atoms in total. The summed E-state index contributed by atoms with van der Waals surface area (Å²) in [5, 5.41) is 24.3. The lowest BCUT2D eigenvalue weighted by atomic mass is 9.98. The lowest BCUT2D eigenvalue weighted by Gasteiger charge is -2.32. The maximum atomic E-state index is 9.00. The van der Waals surface area contributed by atoms with E-state index in [4.69, 9.17) is 25.5 Å². The summed E-state index contributed by atoms with van der Waals surface area (Å²) in [6.45, 7) is 5.26. The van der Waals surface area contributed by atoms with Crippen molar-refractivity contribution in [2.24, 2.45) is 5.92 Å². The second kappa shape index (κ2) is 11.0. The van der Waals surface area contributed by atoms with Gasteiger partial charge in [-0.15, -0.1) is 10.2 Å². The number of carbonyl (C=O) groups is 2. The molecular weight excluding hydrogens is 360 g/mol. The molecule has 1 atom stereocenters. The van der Waals surface area contributed by atoms with Crippen molar-refractivity contribution in [2.75, 3.05) is 23.7 Å². The van der Waals surface area contributed by atoms with E-state index in [9.17, 15) is 0 Å². The molecule has 0 radical (unpaired) electrons. The Kier molecular flexibility index (Phi) is 9.06. The van der Waals surface area contributed by atoms with Crippen LogP contribution in [0, 0.1) is 5.92 Å². The van der Waals surface area contributed by atoms with Crippen LogP contribution in [0.1, 0.15) is 26.7 Å². The van der Waals surface area contributed by atoms with Crippen LogP contribution in [0.4, 0.5) is 10.3 Å². The molecule has 0 bridgehead atoms. The van der Waals surface area contributed by atoms with Gasteiger partial charge in [0.05, 0.1) is 6.33 Å². The van der Waals surface area contributed by atoms with Crippen molar-refractivity contribution >= 4 is 33.5 Å². The van der Waals surface area contributed by atoms with E-state index in [1.165, 1.54) is 24.2 Å². The van der Waals surface area contributed by atoms with Crippen molar-refractivity contribution in [3.63, 3.8) is 0 Å². The fraction of sp³-hybridized carbons (Fsp3) is 0.533. The number of hydrogen-bond acceptors (Lipinski definition) is 8. The molecule has 0 aliphatic carbocycles. The average molecular weight is 384 g/mol. The molecular formula is C15H24N6O4S. The number of nitrogens with two attached hydrogens (primary N) is 1. The van der Waals surface area contributed by atoms with Gasteiger partial charge < -0.3 is 25.4 Å². The van der Waals surface area contributed by atoms with Crippen LogP contribution >= 0.6 is 11.3 Å². The highest BCUT2D eigenvalue weighted by molar-refractivity contribution is 7.18. The largest absolute Gasteiger partial charge is 0.481 e. The third kappa shape index (κ3) is 8.97. The topological polar surface area (TPSA) is 147 Å². The van der Waals surface area contributed by atoms with Gasteiger partial charge in [-0.3, -0.25) is 9.59 Å². The summed E-state index contributed by atoms with van der Waals surface area (Å²) in [4.78, 5) is 24.4. The highest BCUT2D eigenvalue weighted by atomic mass is 32.1. The molecule has 0 aromatic carbocycles. The van der Waals surface area contributed by atoms with Crippen LogP contribution in [0.25, 0.3) is 0 Å². The van der Waals surface area contributed by atoms with E-state index in [2.05, 4.69) is 24.6 Å². The Bertz CT molecular complexity index is 655. The number of imidazole rings is 1. The standard InChI is InChI=1S/C11H16N6S.2C2H4O2/c12-10-14-15-11(18-10)17-4-1-2-9(7-17)6-16-5-3-13-8-16;2*1-2(3)4/h3,5,8-9H,1-2,4,6-7H2,(H2,12,14);2*1H3,(H,3,4). The second-order valence-corrected chi connectivity index (χ2v) is 6.66. The molecule has 1 fully saturated rings. The second-order valence-electron chi connectivity index (χ2n) is 5.67. The van der Waals surface area contributed by atoms with E-state index in [1.54, 1.807) is 0 Å². The van der Waals surface area contributed by atoms with Crippen molar-refractivity contribution in [1.82, 2.24) is 19.7 Å². The molecule has 144 valence electrons. The Hall–Kier alpha value is -2.69. The van der Waals surface area contributed by atoms with Crippen molar-refractivity contribution in [3.05, 3.63) is 18.7 Å². The smallest absolute Gasteiger partial charge is 0.300 e. The Morgan fingerprint density at radius 1 is 1.31 bits per heavy atom. The predicted octanol–water partition coefficient (Wildman–Crippen LogP) is 1.42. The first kappa shape index (κ1) is 21.4. The average Bonchev–Trinajstić information content (AvgIpc) is 3.18. The van der Waals surface area contributed by atoms with Crippen LogP contribution in [-0.4, -0.2) is 55.0 Å². The first-order chi connectivity index (χ1) is 12.3. The maximum Gasteiger partial charge on any atom is 0.300 e. The van der Waals surface area contributed by atoms with Gasteiger partial charge in [0.2, 0.25) is 10.3 Å². The fourth-order valence-electron chi connectivity index (χ4n) is 2.43. The van der Waals surface area contributed by atoms with Crippen molar-refractivity contribution in [1.29, 1.82) is 0 Å². The predicted molar refractivity (Wildman–Crippen MR) is 98.1 cm³/mol. The van der Waals surface area contributed by atoms with Gasteiger partial charge in [0, 0.05) is 45.9 Å². The van der Waals surface area contributed by atoms with Gasteiger partial charge in [0.15, 0.2) is 0 Å². The zero-order valence-electron chi connectivity index (χ0n) is 14.8. The molecule has 0 saturated carbocycles. The van der Waals surface area contributed by atoms with Crippen molar-refractivity contribution < 1.29 is 19.8 Å². The van der Waals surface area contributed by atoms with Crippen LogP contribution in [0.3, 0.4) is 0 Å². The van der Waals surface area contributed by atoms with Crippen LogP contribution < -0.4 is 10.6 Å². The monoisotopic (exact) mass is 384 g/mol. The zero-order valence-corrected chi connectivity index (χ0v) is 15.6. The number of rotatable bonds is 3. The van der Waals surface area contributed by atoms with Gasteiger partial charge in [-0.05, 0) is 18.8 Å². The van der Waals surface area contributed by atoms with E-state index in [1.807, 2.05) is 18.7 Å². The van der Waals surface area contributed by atoms with Crippen LogP contribution in [0.5, 0.6) is 0 Å². The molecule has 4 N–H and O–H groups in total. The van der Waals surface area contributed by atoms with Gasteiger partial charge in [-0.1, -0.05) is 11.3 Å². The molecule has 2 aromatic rings. The number of nitrogen functional groups attached to an aromatic ring is 1. The number of aliphatic carboxylic acids is 2. The molecule has 1 unspecified atom stereocenters. The molecule has 26 heavy (non-hydrogen) atoms. The Morgan fingerprint density at radius 3 is 2.46 bits per heavy atom. The molecule has 1 aliphatic rings. The summed E-state index contributed by atoms with van der Waals surface area (Å²) in [5.41, 5.74) is 5.64. The Labute approximate surface area is 155 Å². The van der Waals surface area contributed by atoms with E-state index < -0.39 is 11.9 Å². The van der Waals surface area contributed by atoms with E-state index in [-0.39, 0.29) is 0 Å².